The lowest BCUT2D eigenvalue weighted by atomic mass is 10.3. The molecular weight excluding hydrogens is 378 g/mol. The van der Waals surface area contributed by atoms with E-state index in [0.717, 1.165) is 11.3 Å². The Hall–Kier alpha value is -2.85. The highest BCUT2D eigenvalue weighted by atomic mass is 35.5. The molecule has 0 aliphatic rings. The molecule has 134 valence electrons. The maximum Gasteiger partial charge on any atom is 0.299 e. The van der Waals surface area contributed by atoms with Crippen LogP contribution >= 0.6 is 22.9 Å². The molecule has 0 atom stereocenters. The Morgan fingerprint density at radius 2 is 1.92 bits per heavy atom. The highest BCUT2D eigenvalue weighted by molar-refractivity contribution is 7.17. The Labute approximate surface area is 157 Å². The number of nitrogens with one attached hydrogen (secondary N) is 1. The minimum absolute atomic E-state index is 0.117. The van der Waals surface area contributed by atoms with Crippen LogP contribution < -0.4 is 5.32 Å². The monoisotopic (exact) mass is 391 g/mol. The summed E-state index contributed by atoms with van der Waals surface area (Å²) in [6, 6.07) is 6.77. The molecule has 1 N–H and O–H groups in total. The number of carbonyl (C=O) groups is 2. The van der Waals surface area contributed by atoms with Gasteiger partial charge in [-0.3, -0.25) is 14.9 Å². The SMILES string of the molecule is Cc1nc(NC(=O)c2nnn(-c3ccc(Cl)cc3)n2)sc1C(=O)N(C)C. The molecule has 2 aromatic heterocycles. The van der Waals surface area contributed by atoms with Gasteiger partial charge in [-0.05, 0) is 36.4 Å². The summed E-state index contributed by atoms with van der Waals surface area (Å²) in [6.07, 6.45) is 0. The van der Waals surface area contributed by atoms with Gasteiger partial charge in [0.25, 0.3) is 17.6 Å². The van der Waals surface area contributed by atoms with Gasteiger partial charge < -0.3 is 4.90 Å². The van der Waals surface area contributed by atoms with Crippen molar-refractivity contribution < 1.29 is 9.59 Å². The maximum absolute atomic E-state index is 12.3. The maximum atomic E-state index is 12.3. The van der Waals surface area contributed by atoms with E-state index in [1.807, 2.05) is 0 Å². The first kappa shape index (κ1) is 18.0. The molecule has 0 bridgehead atoms. The normalized spacial score (nSPS) is 10.6. The second-order valence-electron chi connectivity index (χ2n) is 5.47. The lowest BCUT2D eigenvalue weighted by molar-refractivity contribution is 0.0831. The number of aromatic nitrogens is 5. The topological polar surface area (TPSA) is 106 Å². The molecule has 0 aliphatic heterocycles. The van der Waals surface area contributed by atoms with E-state index < -0.39 is 5.91 Å². The van der Waals surface area contributed by atoms with Crippen LogP contribution in [0.2, 0.25) is 5.02 Å². The number of rotatable bonds is 4. The summed E-state index contributed by atoms with van der Waals surface area (Å²) in [5.41, 5.74) is 1.16. The standard InChI is InChI=1S/C15H14ClN7O2S/c1-8-11(14(25)22(2)3)26-15(17-8)18-13(24)12-19-21-23(20-12)10-6-4-9(16)5-7-10/h4-7H,1-3H3,(H,17,18,24). The van der Waals surface area contributed by atoms with Crippen LogP contribution in [0.15, 0.2) is 24.3 Å². The van der Waals surface area contributed by atoms with Gasteiger partial charge in [0, 0.05) is 19.1 Å². The molecule has 0 fully saturated rings. The van der Waals surface area contributed by atoms with Gasteiger partial charge in [-0.25, -0.2) is 4.98 Å². The largest absolute Gasteiger partial charge is 0.344 e. The van der Waals surface area contributed by atoms with E-state index in [1.54, 1.807) is 45.3 Å². The van der Waals surface area contributed by atoms with E-state index >= 15 is 0 Å². The van der Waals surface area contributed by atoms with Crippen LogP contribution in [0, 0.1) is 6.92 Å². The number of aryl methyl sites for hydroxylation is 1. The molecule has 0 spiro atoms. The van der Waals surface area contributed by atoms with E-state index in [1.165, 1.54) is 9.70 Å². The summed E-state index contributed by atoms with van der Waals surface area (Å²) in [6.45, 7) is 1.71. The fourth-order valence-corrected chi connectivity index (χ4v) is 3.10. The predicted octanol–water partition coefficient (Wildman–Crippen LogP) is 2.03. The van der Waals surface area contributed by atoms with Crippen molar-refractivity contribution in [1.82, 2.24) is 30.1 Å². The van der Waals surface area contributed by atoms with E-state index in [4.69, 9.17) is 11.6 Å². The molecule has 2 amide bonds. The third kappa shape index (κ3) is 3.70. The predicted molar refractivity (Wildman–Crippen MR) is 97.0 cm³/mol. The quantitative estimate of drug-likeness (QED) is 0.729. The van der Waals surface area contributed by atoms with Crippen molar-refractivity contribution >= 4 is 39.9 Å². The number of hydrogen-bond acceptors (Lipinski definition) is 7. The van der Waals surface area contributed by atoms with Gasteiger partial charge in [-0.1, -0.05) is 22.9 Å². The number of hydrogen-bond donors (Lipinski definition) is 1. The number of benzene rings is 1. The summed E-state index contributed by atoms with van der Waals surface area (Å²) in [7, 11) is 3.30. The number of tetrazole rings is 1. The molecule has 11 heteroatoms. The zero-order valence-electron chi connectivity index (χ0n) is 14.1. The summed E-state index contributed by atoms with van der Waals surface area (Å²) in [5, 5.41) is 15.1. The molecule has 9 nitrogen and oxygen atoms in total. The highest BCUT2D eigenvalue weighted by Crippen LogP contribution is 2.23. The number of carbonyl (C=O) groups excluding carboxylic acids is 2. The van der Waals surface area contributed by atoms with E-state index in [-0.39, 0.29) is 11.7 Å². The second kappa shape index (κ2) is 7.18. The van der Waals surface area contributed by atoms with Crippen LogP contribution in [0.25, 0.3) is 5.69 Å². The third-order valence-corrected chi connectivity index (χ3v) is 4.60. The summed E-state index contributed by atoms with van der Waals surface area (Å²) >= 11 is 6.93. The van der Waals surface area contributed by atoms with Crippen molar-refractivity contribution in [1.29, 1.82) is 0 Å². The van der Waals surface area contributed by atoms with Gasteiger partial charge in [0.1, 0.15) is 4.88 Å². The lowest BCUT2D eigenvalue weighted by Gasteiger charge is -2.07. The molecule has 0 saturated carbocycles. The molecule has 2 heterocycles. The van der Waals surface area contributed by atoms with Gasteiger partial charge in [-0.15, -0.1) is 15.0 Å². The van der Waals surface area contributed by atoms with Gasteiger partial charge in [0.05, 0.1) is 11.4 Å². The molecule has 0 unspecified atom stereocenters. The molecular formula is C15H14ClN7O2S. The van der Waals surface area contributed by atoms with Gasteiger partial charge in [0.15, 0.2) is 5.13 Å². The highest BCUT2D eigenvalue weighted by Gasteiger charge is 2.20. The van der Waals surface area contributed by atoms with Crippen molar-refractivity contribution in [3.8, 4) is 5.69 Å². The third-order valence-electron chi connectivity index (χ3n) is 3.29. The van der Waals surface area contributed by atoms with E-state index in [2.05, 4.69) is 25.7 Å². The molecule has 3 aromatic rings. The number of nitrogens with zero attached hydrogens (tertiary/aromatic N) is 6. The fraction of sp³-hybridized carbons (Fsp3) is 0.200. The molecule has 0 radical (unpaired) electrons. The van der Waals surface area contributed by atoms with Gasteiger partial charge >= 0.3 is 0 Å². The van der Waals surface area contributed by atoms with Crippen LogP contribution in [0.3, 0.4) is 0 Å². The van der Waals surface area contributed by atoms with Crippen molar-refractivity contribution in [2.75, 3.05) is 19.4 Å². The number of anilines is 1. The molecule has 26 heavy (non-hydrogen) atoms. The summed E-state index contributed by atoms with van der Waals surface area (Å²) < 4.78 is 0. The zero-order chi connectivity index (χ0) is 18.8. The first-order valence-electron chi connectivity index (χ1n) is 7.41. The van der Waals surface area contributed by atoms with Crippen molar-refractivity contribution in [3.05, 3.63) is 45.7 Å². The first-order valence-corrected chi connectivity index (χ1v) is 8.61. The average molecular weight is 392 g/mol. The Bertz CT molecular complexity index is 965. The van der Waals surface area contributed by atoms with Crippen LogP contribution in [0.1, 0.15) is 26.0 Å². The van der Waals surface area contributed by atoms with Crippen molar-refractivity contribution in [3.63, 3.8) is 0 Å². The Morgan fingerprint density at radius 3 is 2.58 bits per heavy atom. The van der Waals surface area contributed by atoms with E-state index in [0.29, 0.717) is 26.4 Å². The zero-order valence-corrected chi connectivity index (χ0v) is 15.7. The Morgan fingerprint density at radius 1 is 1.23 bits per heavy atom. The Kier molecular flexibility index (Phi) is 4.96. The smallest absolute Gasteiger partial charge is 0.299 e. The minimum atomic E-state index is -0.567. The Balaban J connectivity index is 1.76. The summed E-state index contributed by atoms with van der Waals surface area (Å²) in [4.78, 5) is 31.7. The van der Waals surface area contributed by atoms with Crippen LogP contribution in [0.5, 0.6) is 0 Å². The van der Waals surface area contributed by atoms with Gasteiger partial charge in [-0.2, -0.15) is 0 Å². The first-order chi connectivity index (χ1) is 12.3. The molecule has 0 aliphatic carbocycles. The number of thiazole rings is 1. The lowest BCUT2D eigenvalue weighted by Crippen LogP contribution is -2.21. The van der Waals surface area contributed by atoms with Crippen LogP contribution in [-0.2, 0) is 0 Å². The molecule has 3 rings (SSSR count). The minimum Gasteiger partial charge on any atom is -0.344 e. The molecule has 0 saturated heterocycles. The van der Waals surface area contributed by atoms with Crippen molar-refractivity contribution in [2.24, 2.45) is 0 Å². The fourth-order valence-electron chi connectivity index (χ4n) is 1.99. The second-order valence-corrected chi connectivity index (χ2v) is 6.90. The van der Waals surface area contributed by atoms with Crippen LogP contribution in [0.4, 0.5) is 5.13 Å². The number of amides is 2. The van der Waals surface area contributed by atoms with E-state index in [9.17, 15) is 9.59 Å². The molecule has 1 aromatic carbocycles. The summed E-state index contributed by atoms with van der Waals surface area (Å²) in [5.74, 6) is -0.858. The van der Waals surface area contributed by atoms with Gasteiger partial charge in [0.2, 0.25) is 0 Å². The van der Waals surface area contributed by atoms with Crippen LogP contribution in [-0.4, -0.2) is 56.0 Å². The number of halogens is 1. The average Bonchev–Trinajstić information content (AvgIpc) is 3.22. The van der Waals surface area contributed by atoms with Crippen molar-refractivity contribution in [2.45, 2.75) is 6.92 Å².